The predicted octanol–water partition coefficient (Wildman–Crippen LogP) is 0.110. The average Bonchev–Trinajstić information content (AvgIpc) is 2.57. The highest BCUT2D eigenvalue weighted by molar-refractivity contribution is 6.06. The van der Waals surface area contributed by atoms with Crippen molar-refractivity contribution in [3.8, 4) is 0 Å². The molecule has 0 aromatic heterocycles. The smallest absolute Gasteiger partial charge is 0.279 e. The van der Waals surface area contributed by atoms with E-state index in [2.05, 4.69) is 5.43 Å². The Bertz CT molecular complexity index is 583. The van der Waals surface area contributed by atoms with Gasteiger partial charge in [0, 0.05) is 24.0 Å². The number of rotatable bonds is 4. The summed E-state index contributed by atoms with van der Waals surface area (Å²) >= 11 is 0. The fraction of sp³-hybridized carbons (Fsp3) is 0.286. The van der Waals surface area contributed by atoms with E-state index in [1.165, 1.54) is 24.3 Å². The van der Waals surface area contributed by atoms with Gasteiger partial charge in [-0.05, 0) is 24.3 Å². The number of hydrogen-bond donors (Lipinski definition) is 3. The highest BCUT2D eigenvalue weighted by atomic mass is 16.2. The van der Waals surface area contributed by atoms with E-state index in [9.17, 15) is 19.2 Å². The Morgan fingerprint density at radius 2 is 1.55 bits per heavy atom. The largest absolute Gasteiger partial charge is 0.290 e. The molecular formula is C14H18N4O4. The van der Waals surface area contributed by atoms with Crippen LogP contribution in [0.15, 0.2) is 24.3 Å². The summed E-state index contributed by atoms with van der Waals surface area (Å²) in [6, 6.07) is 5.54. The number of amides is 4. The van der Waals surface area contributed by atoms with Crippen molar-refractivity contribution in [1.29, 1.82) is 0 Å². The van der Waals surface area contributed by atoms with Crippen molar-refractivity contribution in [3.05, 3.63) is 35.4 Å². The van der Waals surface area contributed by atoms with Gasteiger partial charge < -0.3 is 0 Å². The zero-order chi connectivity index (χ0) is 16.7. The standard InChI is InChI=1S/C14H18N4O4/c1-3-11(19)17-18(12(20)4-2)14(22)10-7-5-9(6-8-10)13(21)16-15/h5-8H,3-4,15H2,1-2H3,(H,16,21)(H,17,19). The summed E-state index contributed by atoms with van der Waals surface area (Å²) in [5.41, 5.74) is 4.66. The Morgan fingerprint density at radius 1 is 1.00 bits per heavy atom. The van der Waals surface area contributed by atoms with Gasteiger partial charge in [-0.3, -0.25) is 30.0 Å². The summed E-state index contributed by atoms with van der Waals surface area (Å²) in [7, 11) is 0. The minimum absolute atomic E-state index is 0.0589. The lowest BCUT2D eigenvalue weighted by Gasteiger charge is -2.20. The molecule has 0 spiro atoms. The Hall–Kier alpha value is -2.74. The molecule has 8 nitrogen and oxygen atoms in total. The molecule has 1 aromatic carbocycles. The van der Waals surface area contributed by atoms with Gasteiger partial charge in [-0.15, -0.1) is 0 Å². The fourth-order valence-electron chi connectivity index (χ4n) is 1.56. The topological polar surface area (TPSA) is 122 Å². The minimum Gasteiger partial charge on any atom is -0.290 e. The van der Waals surface area contributed by atoms with E-state index in [4.69, 9.17) is 5.84 Å². The van der Waals surface area contributed by atoms with E-state index in [0.717, 1.165) is 0 Å². The molecule has 1 rings (SSSR count). The maximum atomic E-state index is 12.3. The summed E-state index contributed by atoms with van der Waals surface area (Å²) in [6.45, 7) is 3.18. The number of carbonyl (C=O) groups excluding carboxylic acids is 4. The normalized spacial score (nSPS) is 9.77. The van der Waals surface area contributed by atoms with Crippen LogP contribution in [-0.4, -0.2) is 28.6 Å². The molecule has 1 aromatic rings. The van der Waals surface area contributed by atoms with Crippen LogP contribution in [0.4, 0.5) is 0 Å². The van der Waals surface area contributed by atoms with Crippen LogP contribution in [0.1, 0.15) is 47.4 Å². The average molecular weight is 306 g/mol. The van der Waals surface area contributed by atoms with Crippen LogP contribution in [0.3, 0.4) is 0 Å². The second-order valence-corrected chi connectivity index (χ2v) is 4.33. The molecule has 118 valence electrons. The number of nitrogens with two attached hydrogens (primary N) is 1. The third-order valence-electron chi connectivity index (χ3n) is 2.84. The molecule has 0 aliphatic heterocycles. The van der Waals surface area contributed by atoms with Crippen LogP contribution in [0.25, 0.3) is 0 Å². The van der Waals surface area contributed by atoms with Gasteiger partial charge in [0.05, 0.1) is 0 Å². The second-order valence-electron chi connectivity index (χ2n) is 4.33. The molecule has 0 aliphatic carbocycles. The Kier molecular flexibility index (Phi) is 6.21. The molecule has 0 bridgehead atoms. The number of hydrogen-bond acceptors (Lipinski definition) is 5. The van der Waals surface area contributed by atoms with E-state index in [0.29, 0.717) is 5.01 Å². The van der Waals surface area contributed by atoms with Crippen molar-refractivity contribution in [2.45, 2.75) is 26.7 Å². The van der Waals surface area contributed by atoms with Crippen molar-refractivity contribution in [2.75, 3.05) is 0 Å². The number of nitrogens with zero attached hydrogens (tertiary/aromatic N) is 1. The quantitative estimate of drug-likeness (QED) is 0.414. The van der Waals surface area contributed by atoms with Crippen molar-refractivity contribution < 1.29 is 19.2 Å². The summed E-state index contributed by atoms with van der Waals surface area (Å²) < 4.78 is 0. The number of nitrogen functional groups attached to an aromatic ring is 1. The predicted molar refractivity (Wildman–Crippen MR) is 78.0 cm³/mol. The monoisotopic (exact) mass is 306 g/mol. The molecular weight excluding hydrogens is 288 g/mol. The number of benzene rings is 1. The summed E-state index contributed by atoms with van der Waals surface area (Å²) in [5.74, 6) is 2.86. The maximum absolute atomic E-state index is 12.3. The maximum Gasteiger partial charge on any atom is 0.279 e. The molecule has 0 radical (unpaired) electrons. The lowest BCUT2D eigenvalue weighted by atomic mass is 10.1. The highest BCUT2D eigenvalue weighted by Gasteiger charge is 2.23. The van der Waals surface area contributed by atoms with Gasteiger partial charge in [-0.1, -0.05) is 13.8 Å². The first-order valence-electron chi connectivity index (χ1n) is 6.72. The minimum atomic E-state index is -0.673. The molecule has 0 atom stereocenters. The molecule has 8 heteroatoms. The highest BCUT2D eigenvalue weighted by Crippen LogP contribution is 2.08. The third-order valence-corrected chi connectivity index (χ3v) is 2.84. The summed E-state index contributed by atoms with van der Waals surface area (Å²) in [4.78, 5) is 46.9. The second kappa shape index (κ2) is 7.89. The van der Waals surface area contributed by atoms with Crippen molar-refractivity contribution in [1.82, 2.24) is 15.9 Å². The summed E-state index contributed by atoms with van der Waals surface area (Å²) in [6.07, 6.45) is 0.194. The number of hydrazine groups is 2. The van der Waals surface area contributed by atoms with E-state index < -0.39 is 23.6 Å². The van der Waals surface area contributed by atoms with Gasteiger partial charge in [-0.25, -0.2) is 5.84 Å². The summed E-state index contributed by atoms with van der Waals surface area (Å²) in [5, 5.41) is 0.684. The molecule has 4 N–H and O–H groups in total. The van der Waals surface area contributed by atoms with E-state index >= 15 is 0 Å². The lowest BCUT2D eigenvalue weighted by Crippen LogP contribution is -2.49. The first-order chi connectivity index (χ1) is 10.4. The Morgan fingerprint density at radius 3 is 2.00 bits per heavy atom. The number of carbonyl (C=O) groups is 4. The van der Waals surface area contributed by atoms with Crippen LogP contribution in [-0.2, 0) is 9.59 Å². The molecule has 0 saturated carbocycles. The van der Waals surface area contributed by atoms with Gasteiger partial charge in [-0.2, -0.15) is 5.01 Å². The van der Waals surface area contributed by atoms with Crippen LogP contribution < -0.4 is 16.7 Å². The van der Waals surface area contributed by atoms with Gasteiger partial charge in [0.15, 0.2) is 0 Å². The molecule has 0 unspecified atom stereocenters. The van der Waals surface area contributed by atoms with E-state index in [1.807, 2.05) is 5.43 Å². The van der Waals surface area contributed by atoms with Crippen LogP contribution in [0, 0.1) is 0 Å². The van der Waals surface area contributed by atoms with Crippen molar-refractivity contribution in [2.24, 2.45) is 5.84 Å². The van der Waals surface area contributed by atoms with Crippen LogP contribution in [0.2, 0.25) is 0 Å². The molecule has 0 aliphatic rings. The first-order valence-corrected chi connectivity index (χ1v) is 6.72. The van der Waals surface area contributed by atoms with Gasteiger partial charge in [0.25, 0.3) is 11.8 Å². The first kappa shape index (κ1) is 17.3. The molecule has 4 amide bonds. The third kappa shape index (κ3) is 4.13. The Labute approximate surface area is 127 Å². The lowest BCUT2D eigenvalue weighted by molar-refractivity contribution is -0.137. The number of nitrogens with one attached hydrogen (secondary N) is 2. The van der Waals surface area contributed by atoms with Crippen LogP contribution in [0.5, 0.6) is 0 Å². The zero-order valence-corrected chi connectivity index (χ0v) is 12.4. The van der Waals surface area contributed by atoms with Crippen molar-refractivity contribution in [3.63, 3.8) is 0 Å². The molecule has 22 heavy (non-hydrogen) atoms. The van der Waals surface area contributed by atoms with Gasteiger partial charge in [0.1, 0.15) is 0 Å². The molecule has 0 fully saturated rings. The number of imide groups is 1. The van der Waals surface area contributed by atoms with Crippen molar-refractivity contribution >= 4 is 23.6 Å². The van der Waals surface area contributed by atoms with Crippen LogP contribution >= 0.6 is 0 Å². The van der Waals surface area contributed by atoms with Gasteiger partial charge >= 0.3 is 0 Å². The van der Waals surface area contributed by atoms with E-state index in [1.54, 1.807) is 13.8 Å². The molecule has 0 heterocycles. The zero-order valence-electron chi connectivity index (χ0n) is 12.4. The SMILES string of the molecule is CCC(=O)NN(C(=O)CC)C(=O)c1ccc(C(=O)NN)cc1. The van der Waals surface area contributed by atoms with Gasteiger partial charge in [0.2, 0.25) is 11.8 Å². The Balaban J connectivity index is 3.00. The fourth-order valence-corrected chi connectivity index (χ4v) is 1.56. The molecule has 0 saturated heterocycles. The van der Waals surface area contributed by atoms with E-state index in [-0.39, 0.29) is 24.0 Å².